The van der Waals surface area contributed by atoms with Gasteiger partial charge in [0.05, 0.1) is 4.99 Å². The van der Waals surface area contributed by atoms with Crippen LogP contribution in [0.3, 0.4) is 0 Å². The van der Waals surface area contributed by atoms with Crippen molar-refractivity contribution < 1.29 is 4.79 Å². The van der Waals surface area contributed by atoms with Crippen molar-refractivity contribution in [3.8, 4) is 0 Å². The van der Waals surface area contributed by atoms with Crippen molar-refractivity contribution in [3.63, 3.8) is 0 Å². The SMILES string of the molecule is CCc1ccccc1C(=O)N1CCN(CC(N)=S)CC1. The van der Waals surface area contributed by atoms with Crippen molar-refractivity contribution in [2.45, 2.75) is 13.3 Å². The Labute approximate surface area is 125 Å². The number of carbonyl (C=O) groups is 1. The van der Waals surface area contributed by atoms with Crippen LogP contribution in [-0.4, -0.2) is 53.4 Å². The topological polar surface area (TPSA) is 49.6 Å². The van der Waals surface area contributed by atoms with E-state index < -0.39 is 0 Å². The smallest absolute Gasteiger partial charge is 0.254 e. The highest BCUT2D eigenvalue weighted by atomic mass is 32.1. The van der Waals surface area contributed by atoms with Gasteiger partial charge in [-0.25, -0.2) is 0 Å². The second-order valence-corrected chi connectivity index (χ2v) is 5.57. The first-order valence-corrected chi connectivity index (χ1v) is 7.40. The lowest BCUT2D eigenvalue weighted by Gasteiger charge is -2.34. The molecule has 5 heteroatoms. The number of aryl methyl sites for hydroxylation is 1. The summed E-state index contributed by atoms with van der Waals surface area (Å²) in [7, 11) is 0. The number of rotatable bonds is 4. The molecule has 0 aromatic heterocycles. The van der Waals surface area contributed by atoms with Crippen LogP contribution in [0.4, 0.5) is 0 Å². The molecule has 1 aromatic carbocycles. The van der Waals surface area contributed by atoms with E-state index in [2.05, 4.69) is 11.8 Å². The summed E-state index contributed by atoms with van der Waals surface area (Å²) in [6.45, 7) is 5.85. The summed E-state index contributed by atoms with van der Waals surface area (Å²) in [5.41, 5.74) is 7.50. The first-order valence-electron chi connectivity index (χ1n) is 6.99. The summed E-state index contributed by atoms with van der Waals surface area (Å²) in [6.07, 6.45) is 0.878. The fourth-order valence-electron chi connectivity index (χ4n) is 2.54. The molecule has 0 aliphatic carbocycles. The molecule has 2 N–H and O–H groups in total. The molecule has 0 radical (unpaired) electrons. The van der Waals surface area contributed by atoms with Gasteiger partial charge in [0.15, 0.2) is 0 Å². The van der Waals surface area contributed by atoms with Gasteiger partial charge in [0.25, 0.3) is 5.91 Å². The maximum Gasteiger partial charge on any atom is 0.254 e. The number of hydrogen-bond acceptors (Lipinski definition) is 3. The van der Waals surface area contributed by atoms with Crippen LogP contribution in [0.1, 0.15) is 22.8 Å². The van der Waals surface area contributed by atoms with E-state index in [0.717, 1.165) is 43.7 Å². The molecule has 1 fully saturated rings. The summed E-state index contributed by atoms with van der Waals surface area (Å²) in [4.78, 5) is 17.2. The number of benzene rings is 1. The summed E-state index contributed by atoms with van der Waals surface area (Å²) in [5, 5.41) is 0. The first kappa shape index (κ1) is 14.9. The molecular weight excluding hydrogens is 270 g/mol. The molecule has 1 amide bonds. The van der Waals surface area contributed by atoms with Crippen LogP contribution in [0.5, 0.6) is 0 Å². The van der Waals surface area contributed by atoms with Crippen molar-refractivity contribution in [2.24, 2.45) is 5.73 Å². The molecule has 1 aliphatic heterocycles. The van der Waals surface area contributed by atoms with E-state index in [0.29, 0.717) is 11.5 Å². The second-order valence-electron chi connectivity index (χ2n) is 5.05. The molecule has 108 valence electrons. The van der Waals surface area contributed by atoms with Crippen molar-refractivity contribution in [3.05, 3.63) is 35.4 Å². The number of carbonyl (C=O) groups excluding carboxylic acids is 1. The highest BCUT2D eigenvalue weighted by molar-refractivity contribution is 7.80. The standard InChI is InChI=1S/C15H21N3OS/c1-2-12-5-3-4-6-13(12)15(19)18-9-7-17(8-10-18)11-14(16)20/h3-6H,2,7-11H2,1H3,(H2,16,20). The predicted molar refractivity (Wildman–Crippen MR) is 84.9 cm³/mol. The van der Waals surface area contributed by atoms with Crippen molar-refractivity contribution in [1.29, 1.82) is 0 Å². The summed E-state index contributed by atoms with van der Waals surface area (Å²) in [5.74, 6) is 0.137. The lowest BCUT2D eigenvalue weighted by atomic mass is 10.0. The zero-order chi connectivity index (χ0) is 14.5. The van der Waals surface area contributed by atoms with E-state index in [1.807, 2.05) is 29.2 Å². The van der Waals surface area contributed by atoms with E-state index in [9.17, 15) is 4.79 Å². The molecule has 1 aliphatic rings. The molecule has 1 saturated heterocycles. The second kappa shape index (κ2) is 6.81. The van der Waals surface area contributed by atoms with Crippen molar-refractivity contribution in [2.75, 3.05) is 32.7 Å². The number of hydrogen-bond donors (Lipinski definition) is 1. The fraction of sp³-hybridized carbons (Fsp3) is 0.467. The number of thiocarbonyl (C=S) groups is 1. The normalized spacial score (nSPS) is 16.1. The monoisotopic (exact) mass is 291 g/mol. The third-order valence-corrected chi connectivity index (χ3v) is 3.80. The van der Waals surface area contributed by atoms with Gasteiger partial charge in [-0.1, -0.05) is 37.3 Å². The van der Waals surface area contributed by atoms with Gasteiger partial charge in [0.2, 0.25) is 0 Å². The van der Waals surface area contributed by atoms with Gasteiger partial charge in [-0.3, -0.25) is 9.69 Å². The highest BCUT2D eigenvalue weighted by Crippen LogP contribution is 2.14. The van der Waals surface area contributed by atoms with E-state index in [1.165, 1.54) is 0 Å². The fourth-order valence-corrected chi connectivity index (χ4v) is 2.72. The average Bonchev–Trinajstić information content (AvgIpc) is 2.46. The van der Waals surface area contributed by atoms with Crippen LogP contribution >= 0.6 is 12.2 Å². The lowest BCUT2D eigenvalue weighted by Crippen LogP contribution is -2.50. The Morgan fingerprint density at radius 3 is 2.50 bits per heavy atom. The van der Waals surface area contributed by atoms with E-state index in [-0.39, 0.29) is 5.91 Å². The minimum absolute atomic E-state index is 0.137. The molecule has 0 atom stereocenters. The van der Waals surface area contributed by atoms with Crippen LogP contribution in [0.15, 0.2) is 24.3 Å². The maximum atomic E-state index is 12.6. The van der Waals surface area contributed by atoms with E-state index in [4.69, 9.17) is 18.0 Å². The summed E-state index contributed by atoms with van der Waals surface area (Å²) >= 11 is 4.92. The Morgan fingerprint density at radius 2 is 1.90 bits per heavy atom. The third-order valence-electron chi connectivity index (χ3n) is 3.67. The number of piperazine rings is 1. The first-order chi connectivity index (χ1) is 9.61. The van der Waals surface area contributed by atoms with E-state index >= 15 is 0 Å². The zero-order valence-corrected chi connectivity index (χ0v) is 12.7. The van der Waals surface area contributed by atoms with Crippen LogP contribution < -0.4 is 5.73 Å². The van der Waals surface area contributed by atoms with Gasteiger partial charge >= 0.3 is 0 Å². The van der Waals surface area contributed by atoms with Gasteiger partial charge < -0.3 is 10.6 Å². The van der Waals surface area contributed by atoms with Gasteiger partial charge in [-0.2, -0.15) is 0 Å². The number of nitrogens with zero attached hydrogens (tertiary/aromatic N) is 2. The van der Waals surface area contributed by atoms with Crippen LogP contribution in [0.25, 0.3) is 0 Å². The molecule has 1 aromatic rings. The Morgan fingerprint density at radius 1 is 1.25 bits per heavy atom. The number of nitrogens with two attached hydrogens (primary N) is 1. The molecule has 1 heterocycles. The third kappa shape index (κ3) is 3.55. The van der Waals surface area contributed by atoms with Gasteiger partial charge in [-0.15, -0.1) is 0 Å². The van der Waals surface area contributed by atoms with Crippen LogP contribution in [0.2, 0.25) is 0 Å². The van der Waals surface area contributed by atoms with Crippen molar-refractivity contribution in [1.82, 2.24) is 9.80 Å². The lowest BCUT2D eigenvalue weighted by molar-refractivity contribution is 0.0653. The Bertz CT molecular complexity index is 496. The molecule has 0 unspecified atom stereocenters. The zero-order valence-electron chi connectivity index (χ0n) is 11.8. The minimum atomic E-state index is 0.137. The highest BCUT2D eigenvalue weighted by Gasteiger charge is 2.23. The van der Waals surface area contributed by atoms with Crippen LogP contribution in [0, 0.1) is 0 Å². The molecule has 4 nitrogen and oxygen atoms in total. The minimum Gasteiger partial charge on any atom is -0.392 e. The molecule has 0 spiro atoms. The van der Waals surface area contributed by atoms with Gasteiger partial charge in [0.1, 0.15) is 0 Å². The summed E-state index contributed by atoms with van der Waals surface area (Å²) in [6, 6.07) is 7.85. The Kier molecular flexibility index (Phi) is 5.09. The molecule has 2 rings (SSSR count). The van der Waals surface area contributed by atoms with E-state index in [1.54, 1.807) is 0 Å². The predicted octanol–water partition coefficient (Wildman–Crippen LogP) is 1.29. The van der Waals surface area contributed by atoms with Crippen LogP contribution in [-0.2, 0) is 6.42 Å². The Balaban J connectivity index is 2.00. The van der Waals surface area contributed by atoms with Gasteiger partial charge in [-0.05, 0) is 18.1 Å². The molecule has 20 heavy (non-hydrogen) atoms. The van der Waals surface area contributed by atoms with Gasteiger partial charge in [0, 0.05) is 38.3 Å². The van der Waals surface area contributed by atoms with Crippen molar-refractivity contribution >= 4 is 23.1 Å². The largest absolute Gasteiger partial charge is 0.392 e. The quantitative estimate of drug-likeness (QED) is 0.849. The maximum absolute atomic E-state index is 12.6. The number of amides is 1. The molecular formula is C15H21N3OS. The Hall–Kier alpha value is -1.46. The average molecular weight is 291 g/mol. The summed E-state index contributed by atoms with van der Waals surface area (Å²) < 4.78 is 0. The molecule has 0 saturated carbocycles. The molecule has 0 bridgehead atoms.